The SMILES string of the molecule is Cc1c(C(=O)Nc2cccc(-c3nccs3)c2)sc2cccc(F)c12. The zero-order chi connectivity index (χ0) is 17.4. The summed E-state index contributed by atoms with van der Waals surface area (Å²) in [6, 6.07) is 12.5. The Balaban J connectivity index is 1.66. The Bertz CT molecular complexity index is 1070. The number of hydrogen-bond donors (Lipinski definition) is 1. The first-order valence-corrected chi connectivity index (χ1v) is 9.32. The molecule has 0 saturated heterocycles. The van der Waals surface area contributed by atoms with Crippen LogP contribution in [0.5, 0.6) is 0 Å². The smallest absolute Gasteiger partial charge is 0.266 e. The van der Waals surface area contributed by atoms with E-state index < -0.39 is 0 Å². The lowest BCUT2D eigenvalue weighted by Crippen LogP contribution is -2.11. The van der Waals surface area contributed by atoms with E-state index in [0.717, 1.165) is 15.3 Å². The van der Waals surface area contributed by atoms with E-state index in [1.165, 1.54) is 17.4 Å². The van der Waals surface area contributed by atoms with E-state index in [9.17, 15) is 9.18 Å². The van der Waals surface area contributed by atoms with Crippen LogP contribution < -0.4 is 5.32 Å². The van der Waals surface area contributed by atoms with Gasteiger partial charge in [-0.25, -0.2) is 9.37 Å². The highest BCUT2D eigenvalue weighted by Crippen LogP contribution is 2.33. The first-order valence-electron chi connectivity index (χ1n) is 7.62. The van der Waals surface area contributed by atoms with E-state index in [0.29, 0.717) is 21.5 Å². The van der Waals surface area contributed by atoms with Gasteiger partial charge in [-0.3, -0.25) is 4.79 Å². The number of carbonyl (C=O) groups is 1. The summed E-state index contributed by atoms with van der Waals surface area (Å²) in [7, 11) is 0. The number of aromatic nitrogens is 1. The molecule has 2 heterocycles. The molecule has 0 fully saturated rings. The number of amides is 1. The quantitative estimate of drug-likeness (QED) is 0.502. The van der Waals surface area contributed by atoms with Gasteiger partial charge in [0.2, 0.25) is 0 Å². The molecule has 0 aliphatic rings. The molecule has 124 valence electrons. The highest BCUT2D eigenvalue weighted by atomic mass is 32.1. The van der Waals surface area contributed by atoms with E-state index in [2.05, 4.69) is 10.3 Å². The Morgan fingerprint density at radius 3 is 2.80 bits per heavy atom. The van der Waals surface area contributed by atoms with Crippen molar-refractivity contribution >= 4 is 44.4 Å². The van der Waals surface area contributed by atoms with Crippen molar-refractivity contribution in [3.05, 3.63) is 70.3 Å². The molecule has 3 nitrogen and oxygen atoms in total. The van der Waals surface area contributed by atoms with Crippen LogP contribution in [0.15, 0.2) is 54.0 Å². The van der Waals surface area contributed by atoms with Crippen LogP contribution >= 0.6 is 22.7 Å². The molecule has 1 amide bonds. The van der Waals surface area contributed by atoms with Gasteiger partial charge in [0, 0.05) is 32.9 Å². The van der Waals surface area contributed by atoms with E-state index in [1.807, 2.05) is 35.7 Å². The number of thiazole rings is 1. The van der Waals surface area contributed by atoms with Crippen molar-refractivity contribution in [2.45, 2.75) is 6.92 Å². The molecule has 1 N–H and O–H groups in total. The third-order valence-corrected chi connectivity index (χ3v) is 5.99. The largest absolute Gasteiger partial charge is 0.321 e. The molecule has 4 rings (SSSR count). The fourth-order valence-corrected chi connectivity index (χ4v) is 4.51. The number of anilines is 1. The highest BCUT2D eigenvalue weighted by Gasteiger charge is 2.18. The molecule has 0 radical (unpaired) electrons. The molecule has 0 atom stereocenters. The van der Waals surface area contributed by atoms with Crippen molar-refractivity contribution in [1.29, 1.82) is 0 Å². The molecule has 0 bridgehead atoms. The minimum absolute atomic E-state index is 0.227. The minimum atomic E-state index is -0.295. The van der Waals surface area contributed by atoms with Gasteiger partial charge < -0.3 is 5.32 Å². The molecule has 0 aliphatic carbocycles. The number of thiophene rings is 1. The summed E-state index contributed by atoms with van der Waals surface area (Å²) in [5.41, 5.74) is 2.31. The van der Waals surface area contributed by atoms with Crippen molar-refractivity contribution in [3.8, 4) is 10.6 Å². The van der Waals surface area contributed by atoms with Gasteiger partial charge >= 0.3 is 0 Å². The fraction of sp³-hybridized carbons (Fsp3) is 0.0526. The van der Waals surface area contributed by atoms with Crippen molar-refractivity contribution in [2.75, 3.05) is 5.32 Å². The molecule has 2 aromatic carbocycles. The minimum Gasteiger partial charge on any atom is -0.321 e. The van der Waals surface area contributed by atoms with Crippen LogP contribution in [-0.4, -0.2) is 10.9 Å². The number of fused-ring (bicyclic) bond motifs is 1. The first-order chi connectivity index (χ1) is 12.1. The average Bonchev–Trinajstić information content (AvgIpc) is 3.24. The number of halogens is 1. The van der Waals surface area contributed by atoms with Gasteiger partial charge in [-0.15, -0.1) is 22.7 Å². The number of carbonyl (C=O) groups excluding carboxylic acids is 1. The summed E-state index contributed by atoms with van der Waals surface area (Å²) in [5.74, 6) is -0.523. The van der Waals surface area contributed by atoms with Gasteiger partial charge in [0.1, 0.15) is 10.8 Å². The Labute approximate surface area is 151 Å². The Hall–Kier alpha value is -2.57. The summed E-state index contributed by atoms with van der Waals surface area (Å²) in [4.78, 5) is 17.5. The molecule has 0 unspecified atom stereocenters. The number of benzene rings is 2. The van der Waals surface area contributed by atoms with Crippen LogP contribution in [0.4, 0.5) is 10.1 Å². The number of nitrogens with one attached hydrogen (secondary N) is 1. The van der Waals surface area contributed by atoms with Crippen molar-refractivity contribution in [2.24, 2.45) is 0 Å². The van der Waals surface area contributed by atoms with Gasteiger partial charge in [0.25, 0.3) is 5.91 Å². The normalized spacial score (nSPS) is 11.0. The molecular formula is C19H13FN2OS2. The predicted octanol–water partition coefficient (Wildman–Crippen LogP) is 5.72. The van der Waals surface area contributed by atoms with Crippen LogP contribution in [0.3, 0.4) is 0 Å². The topological polar surface area (TPSA) is 42.0 Å². The molecule has 0 aliphatic heterocycles. The third kappa shape index (κ3) is 2.94. The van der Waals surface area contributed by atoms with E-state index in [4.69, 9.17) is 0 Å². The predicted molar refractivity (Wildman–Crippen MR) is 102 cm³/mol. The van der Waals surface area contributed by atoms with Gasteiger partial charge in [-0.2, -0.15) is 0 Å². The second-order valence-corrected chi connectivity index (χ2v) is 7.49. The van der Waals surface area contributed by atoms with E-state index in [1.54, 1.807) is 30.5 Å². The molecule has 25 heavy (non-hydrogen) atoms. The lowest BCUT2D eigenvalue weighted by molar-refractivity contribution is 0.103. The zero-order valence-corrected chi connectivity index (χ0v) is 14.9. The molecule has 0 saturated carbocycles. The fourth-order valence-electron chi connectivity index (χ4n) is 2.75. The second-order valence-electron chi connectivity index (χ2n) is 5.54. The van der Waals surface area contributed by atoms with E-state index >= 15 is 0 Å². The third-order valence-electron chi connectivity index (χ3n) is 3.91. The van der Waals surface area contributed by atoms with Crippen LogP contribution in [0.1, 0.15) is 15.2 Å². The number of nitrogens with zero attached hydrogens (tertiary/aromatic N) is 1. The summed E-state index contributed by atoms with van der Waals surface area (Å²) in [5, 5.41) is 6.24. The first kappa shape index (κ1) is 15.9. The molecule has 6 heteroatoms. The van der Waals surface area contributed by atoms with Crippen LogP contribution in [0.2, 0.25) is 0 Å². The molecule has 2 aromatic heterocycles. The maximum absolute atomic E-state index is 14.0. The summed E-state index contributed by atoms with van der Waals surface area (Å²) in [6.45, 7) is 1.78. The molecule has 0 spiro atoms. The monoisotopic (exact) mass is 368 g/mol. The molecule has 4 aromatic rings. The maximum atomic E-state index is 14.0. The highest BCUT2D eigenvalue weighted by molar-refractivity contribution is 7.21. The van der Waals surface area contributed by atoms with Gasteiger partial charge in [-0.1, -0.05) is 18.2 Å². The Morgan fingerprint density at radius 1 is 1.20 bits per heavy atom. The Morgan fingerprint density at radius 2 is 2.04 bits per heavy atom. The molecular weight excluding hydrogens is 355 g/mol. The van der Waals surface area contributed by atoms with Gasteiger partial charge in [0.15, 0.2) is 0 Å². The summed E-state index contributed by atoms with van der Waals surface area (Å²) >= 11 is 2.85. The standard InChI is InChI=1S/C19H13FN2OS2/c1-11-16-14(20)6-3-7-15(16)25-17(11)18(23)22-13-5-2-4-12(10-13)19-21-8-9-24-19/h2-10H,1H3,(H,22,23). The van der Waals surface area contributed by atoms with Gasteiger partial charge in [-0.05, 0) is 36.8 Å². The lowest BCUT2D eigenvalue weighted by atomic mass is 10.1. The number of aryl methyl sites for hydroxylation is 1. The van der Waals surface area contributed by atoms with Crippen molar-refractivity contribution < 1.29 is 9.18 Å². The summed E-state index contributed by atoms with van der Waals surface area (Å²) < 4.78 is 14.8. The maximum Gasteiger partial charge on any atom is 0.266 e. The van der Waals surface area contributed by atoms with Crippen molar-refractivity contribution in [1.82, 2.24) is 4.98 Å². The van der Waals surface area contributed by atoms with Crippen LogP contribution in [0, 0.1) is 12.7 Å². The van der Waals surface area contributed by atoms with Crippen molar-refractivity contribution in [3.63, 3.8) is 0 Å². The van der Waals surface area contributed by atoms with E-state index in [-0.39, 0.29) is 11.7 Å². The second kappa shape index (κ2) is 6.38. The van der Waals surface area contributed by atoms with Crippen LogP contribution in [-0.2, 0) is 0 Å². The average molecular weight is 368 g/mol. The van der Waals surface area contributed by atoms with Gasteiger partial charge in [0.05, 0.1) is 4.88 Å². The number of rotatable bonds is 3. The van der Waals surface area contributed by atoms with Crippen LogP contribution in [0.25, 0.3) is 20.7 Å². The lowest BCUT2D eigenvalue weighted by Gasteiger charge is -2.06. The zero-order valence-electron chi connectivity index (χ0n) is 13.2. The number of hydrogen-bond acceptors (Lipinski definition) is 4. The Kier molecular flexibility index (Phi) is 4.07. The summed E-state index contributed by atoms with van der Waals surface area (Å²) in [6.07, 6.45) is 1.75.